The minimum atomic E-state index is -1.57. The lowest BCUT2D eigenvalue weighted by Gasteiger charge is -2.26. The molecule has 1 saturated heterocycles. The number of nitrogens with zero attached hydrogens (tertiary/aromatic N) is 1. The number of ketones is 1. The van der Waals surface area contributed by atoms with Crippen molar-refractivity contribution in [3.05, 3.63) is 41.5 Å². The SMILES string of the molecule is C[C@@H]1/C=C\C(=O)C(O)C(O)C/C=C/c2cc(OCCN3CCOCC3)cc(O)c2C(=O)O[C@H]1C. The molecule has 186 valence electrons. The third kappa shape index (κ3) is 6.89. The highest BCUT2D eigenvalue weighted by Gasteiger charge is 2.25. The summed E-state index contributed by atoms with van der Waals surface area (Å²) in [5.41, 5.74) is 0.315. The molecule has 2 heterocycles. The molecule has 0 spiro atoms. The van der Waals surface area contributed by atoms with Crippen LogP contribution in [0.3, 0.4) is 0 Å². The molecule has 0 amide bonds. The second-order valence-corrected chi connectivity index (χ2v) is 8.59. The number of aromatic hydroxyl groups is 1. The van der Waals surface area contributed by atoms with Crippen LogP contribution >= 0.6 is 0 Å². The minimum Gasteiger partial charge on any atom is -0.507 e. The largest absolute Gasteiger partial charge is 0.507 e. The number of carbonyl (C=O) groups excluding carboxylic acids is 2. The molecule has 0 radical (unpaired) electrons. The van der Waals surface area contributed by atoms with Gasteiger partial charge >= 0.3 is 5.97 Å². The van der Waals surface area contributed by atoms with Gasteiger partial charge in [0.15, 0.2) is 5.78 Å². The van der Waals surface area contributed by atoms with Crippen LogP contribution in [0, 0.1) is 5.92 Å². The Balaban J connectivity index is 1.84. The fourth-order valence-electron chi connectivity index (χ4n) is 3.67. The van der Waals surface area contributed by atoms with Crippen LogP contribution in [0.4, 0.5) is 0 Å². The van der Waals surface area contributed by atoms with Crippen molar-refractivity contribution in [2.45, 2.75) is 38.6 Å². The van der Waals surface area contributed by atoms with Gasteiger partial charge in [-0.05, 0) is 31.1 Å². The van der Waals surface area contributed by atoms with Crippen LogP contribution < -0.4 is 4.74 Å². The van der Waals surface area contributed by atoms with Gasteiger partial charge in [-0.3, -0.25) is 9.69 Å². The molecular formula is C25H33NO8. The normalized spacial score (nSPS) is 28.9. The Kier molecular flexibility index (Phi) is 9.23. The molecule has 1 fully saturated rings. The zero-order valence-electron chi connectivity index (χ0n) is 19.6. The third-order valence-electron chi connectivity index (χ3n) is 6.03. The van der Waals surface area contributed by atoms with E-state index in [0.29, 0.717) is 37.7 Å². The van der Waals surface area contributed by atoms with Crippen LogP contribution in [0.1, 0.15) is 36.2 Å². The monoisotopic (exact) mass is 475 g/mol. The maximum Gasteiger partial charge on any atom is 0.342 e. The number of aliphatic hydroxyl groups is 2. The maximum atomic E-state index is 12.9. The van der Waals surface area contributed by atoms with E-state index in [2.05, 4.69) is 4.90 Å². The van der Waals surface area contributed by atoms with Crippen molar-refractivity contribution >= 4 is 17.8 Å². The minimum absolute atomic E-state index is 0.0250. The van der Waals surface area contributed by atoms with E-state index < -0.39 is 30.1 Å². The van der Waals surface area contributed by atoms with Gasteiger partial charge in [-0.1, -0.05) is 25.2 Å². The Morgan fingerprint density at radius 1 is 1.12 bits per heavy atom. The number of morpholine rings is 1. The van der Waals surface area contributed by atoms with E-state index in [1.54, 1.807) is 19.9 Å². The van der Waals surface area contributed by atoms with E-state index in [0.717, 1.165) is 13.1 Å². The number of fused-ring (bicyclic) bond motifs is 1. The highest BCUT2D eigenvalue weighted by atomic mass is 16.5. The summed E-state index contributed by atoms with van der Waals surface area (Å²) >= 11 is 0. The second kappa shape index (κ2) is 12.1. The molecule has 3 rings (SSSR count). The molecule has 2 aliphatic heterocycles. The molecule has 9 nitrogen and oxygen atoms in total. The van der Waals surface area contributed by atoms with E-state index >= 15 is 0 Å². The Morgan fingerprint density at radius 2 is 1.85 bits per heavy atom. The Hall–Kier alpha value is -2.72. The number of rotatable bonds is 4. The molecular weight excluding hydrogens is 442 g/mol. The number of ether oxygens (including phenoxy) is 3. The summed E-state index contributed by atoms with van der Waals surface area (Å²) in [6.45, 7) is 7.54. The lowest BCUT2D eigenvalue weighted by atomic mass is 9.99. The van der Waals surface area contributed by atoms with Crippen LogP contribution in [-0.2, 0) is 14.3 Å². The summed E-state index contributed by atoms with van der Waals surface area (Å²) in [6, 6.07) is 2.99. The van der Waals surface area contributed by atoms with E-state index in [4.69, 9.17) is 14.2 Å². The smallest absolute Gasteiger partial charge is 0.342 e. The second-order valence-electron chi connectivity index (χ2n) is 8.59. The van der Waals surface area contributed by atoms with Crippen LogP contribution in [0.5, 0.6) is 11.5 Å². The van der Waals surface area contributed by atoms with E-state index in [-0.39, 0.29) is 23.7 Å². The average Bonchev–Trinajstić information content (AvgIpc) is 2.81. The zero-order valence-corrected chi connectivity index (χ0v) is 19.6. The van der Waals surface area contributed by atoms with Gasteiger partial charge in [0.2, 0.25) is 0 Å². The molecule has 0 saturated carbocycles. The maximum absolute atomic E-state index is 12.9. The summed E-state index contributed by atoms with van der Waals surface area (Å²) < 4.78 is 16.7. The van der Waals surface area contributed by atoms with Gasteiger partial charge in [0, 0.05) is 31.6 Å². The first kappa shape index (κ1) is 25.9. The van der Waals surface area contributed by atoms with Gasteiger partial charge in [0.05, 0.1) is 19.3 Å². The number of phenols is 1. The molecule has 0 aliphatic carbocycles. The van der Waals surface area contributed by atoms with Crippen molar-refractivity contribution in [3.8, 4) is 11.5 Å². The number of benzene rings is 1. The van der Waals surface area contributed by atoms with Crippen molar-refractivity contribution in [1.82, 2.24) is 4.90 Å². The summed E-state index contributed by atoms with van der Waals surface area (Å²) in [7, 11) is 0. The van der Waals surface area contributed by atoms with Crippen molar-refractivity contribution in [3.63, 3.8) is 0 Å². The number of hydrogen-bond acceptors (Lipinski definition) is 9. The highest BCUT2D eigenvalue weighted by molar-refractivity contribution is 5.97. The molecule has 2 aliphatic rings. The lowest BCUT2D eigenvalue weighted by Crippen LogP contribution is -2.38. The number of aliphatic hydroxyl groups excluding tert-OH is 2. The molecule has 3 N–H and O–H groups in total. The third-order valence-corrected chi connectivity index (χ3v) is 6.03. The number of hydrogen-bond donors (Lipinski definition) is 3. The molecule has 2 unspecified atom stereocenters. The molecule has 0 aromatic heterocycles. The number of phenolic OH excluding ortho intramolecular Hbond substituents is 1. The quantitative estimate of drug-likeness (QED) is 0.556. The van der Waals surface area contributed by atoms with Crippen molar-refractivity contribution in [2.75, 3.05) is 39.5 Å². The lowest BCUT2D eigenvalue weighted by molar-refractivity contribution is -0.127. The predicted octanol–water partition coefficient (Wildman–Crippen LogP) is 1.55. The van der Waals surface area contributed by atoms with Crippen LogP contribution in [0.15, 0.2) is 30.4 Å². The van der Waals surface area contributed by atoms with Gasteiger partial charge in [-0.15, -0.1) is 0 Å². The first-order chi connectivity index (χ1) is 16.3. The topological polar surface area (TPSA) is 126 Å². The average molecular weight is 476 g/mol. The number of esters is 1. The number of carbonyl (C=O) groups is 2. The Labute approximate surface area is 199 Å². The van der Waals surface area contributed by atoms with Crippen molar-refractivity contribution < 1.29 is 39.1 Å². The standard InChI is InChI=1S/C25H33NO8/c1-16-6-7-21(28)24(30)20(27)5-3-4-18-14-19(33-13-10-26-8-11-32-12-9-26)15-22(29)23(18)25(31)34-17(16)2/h3-4,6-7,14-17,20,24,27,29-30H,5,8-13H2,1-2H3/b4-3+,7-6-/t16-,17+,20?,24?/m1/s1. The fourth-order valence-corrected chi connectivity index (χ4v) is 3.67. The Morgan fingerprint density at radius 3 is 2.59 bits per heavy atom. The predicted molar refractivity (Wildman–Crippen MR) is 125 cm³/mol. The first-order valence-electron chi connectivity index (χ1n) is 11.5. The van der Waals surface area contributed by atoms with Gasteiger partial charge in [-0.2, -0.15) is 0 Å². The molecule has 34 heavy (non-hydrogen) atoms. The Bertz CT molecular complexity index is 922. The van der Waals surface area contributed by atoms with E-state index in [1.807, 2.05) is 0 Å². The van der Waals surface area contributed by atoms with Crippen LogP contribution in [-0.4, -0.2) is 89.7 Å². The molecule has 4 atom stereocenters. The zero-order chi connectivity index (χ0) is 24.7. The van der Waals surface area contributed by atoms with Crippen LogP contribution in [0.2, 0.25) is 0 Å². The van der Waals surface area contributed by atoms with Gasteiger partial charge in [0.1, 0.15) is 35.9 Å². The summed E-state index contributed by atoms with van der Waals surface area (Å²) in [6.07, 6.45) is 2.21. The van der Waals surface area contributed by atoms with Crippen molar-refractivity contribution in [1.29, 1.82) is 0 Å². The highest BCUT2D eigenvalue weighted by Crippen LogP contribution is 2.31. The molecule has 0 bridgehead atoms. The van der Waals surface area contributed by atoms with E-state index in [1.165, 1.54) is 30.4 Å². The summed E-state index contributed by atoms with van der Waals surface area (Å²) in [4.78, 5) is 27.2. The molecule has 9 heteroatoms. The summed E-state index contributed by atoms with van der Waals surface area (Å²) in [5.74, 6) is -1.59. The van der Waals surface area contributed by atoms with Gasteiger partial charge in [-0.25, -0.2) is 4.79 Å². The number of cyclic esters (lactones) is 1. The molecule has 1 aromatic rings. The van der Waals surface area contributed by atoms with Crippen molar-refractivity contribution in [2.24, 2.45) is 5.92 Å². The first-order valence-corrected chi connectivity index (χ1v) is 11.5. The summed E-state index contributed by atoms with van der Waals surface area (Å²) in [5, 5.41) is 30.9. The van der Waals surface area contributed by atoms with E-state index in [9.17, 15) is 24.9 Å². The van der Waals surface area contributed by atoms with Gasteiger partial charge < -0.3 is 29.5 Å². The van der Waals surface area contributed by atoms with Gasteiger partial charge in [0.25, 0.3) is 0 Å². The fraction of sp³-hybridized carbons (Fsp3) is 0.520. The van der Waals surface area contributed by atoms with Crippen LogP contribution in [0.25, 0.3) is 6.08 Å². The molecule has 1 aromatic carbocycles.